The molecular formula is C11H20N2. The molecule has 2 nitrogen and oxygen atoms in total. The molecule has 0 radical (unpaired) electrons. The Labute approximate surface area is 81.5 Å². The quantitative estimate of drug-likeness (QED) is 0.644. The molecule has 3 unspecified atom stereocenters. The first-order valence-electron chi connectivity index (χ1n) is 5.14. The number of rotatable bonds is 2. The van der Waals surface area contributed by atoms with E-state index in [1.807, 2.05) is 0 Å². The molecule has 13 heavy (non-hydrogen) atoms. The average molecular weight is 180 g/mol. The smallest absolute Gasteiger partial charge is 0.0683 e. The van der Waals surface area contributed by atoms with E-state index >= 15 is 0 Å². The Morgan fingerprint density at radius 1 is 1.69 bits per heavy atom. The number of hydrogen-bond acceptors (Lipinski definition) is 2. The Bertz CT molecular complexity index is 195. The summed E-state index contributed by atoms with van der Waals surface area (Å²) in [4.78, 5) is 2.36. The minimum absolute atomic E-state index is 0.265. The van der Waals surface area contributed by atoms with Gasteiger partial charge in [-0.2, -0.15) is 0 Å². The maximum absolute atomic E-state index is 6.01. The molecule has 0 saturated carbocycles. The third-order valence-electron chi connectivity index (χ3n) is 3.14. The Kier molecular flexibility index (Phi) is 3.77. The van der Waals surface area contributed by atoms with Gasteiger partial charge in [0, 0.05) is 19.1 Å². The summed E-state index contributed by atoms with van der Waals surface area (Å²) in [6.07, 6.45) is 7.65. The first-order chi connectivity index (χ1) is 6.19. The van der Waals surface area contributed by atoms with Crippen molar-refractivity contribution in [1.82, 2.24) is 4.90 Å². The summed E-state index contributed by atoms with van der Waals surface area (Å²) in [7, 11) is 0. The van der Waals surface area contributed by atoms with Crippen LogP contribution in [0, 0.1) is 18.3 Å². The van der Waals surface area contributed by atoms with Crippen molar-refractivity contribution in [1.29, 1.82) is 0 Å². The Hall–Kier alpha value is -0.520. The van der Waals surface area contributed by atoms with Gasteiger partial charge >= 0.3 is 0 Å². The van der Waals surface area contributed by atoms with Crippen molar-refractivity contribution in [2.24, 2.45) is 11.7 Å². The van der Waals surface area contributed by atoms with E-state index in [-0.39, 0.29) is 6.04 Å². The molecule has 1 rings (SSSR count). The van der Waals surface area contributed by atoms with Crippen molar-refractivity contribution in [3.05, 3.63) is 0 Å². The highest BCUT2D eigenvalue weighted by Gasteiger charge is 2.26. The zero-order valence-corrected chi connectivity index (χ0v) is 8.66. The zero-order chi connectivity index (χ0) is 9.84. The molecule has 1 saturated heterocycles. The Morgan fingerprint density at radius 2 is 2.38 bits per heavy atom. The van der Waals surface area contributed by atoms with Crippen LogP contribution in [0.3, 0.4) is 0 Å². The number of nitrogens with two attached hydrogens (primary N) is 1. The van der Waals surface area contributed by atoms with Gasteiger partial charge in [0.15, 0.2) is 0 Å². The third-order valence-corrected chi connectivity index (χ3v) is 3.14. The molecule has 0 spiro atoms. The Morgan fingerprint density at radius 3 is 2.92 bits per heavy atom. The summed E-state index contributed by atoms with van der Waals surface area (Å²) < 4.78 is 0. The second kappa shape index (κ2) is 4.64. The highest BCUT2D eigenvalue weighted by atomic mass is 15.2. The molecule has 0 aromatic heterocycles. The second-order valence-electron chi connectivity index (χ2n) is 3.96. The summed E-state index contributed by atoms with van der Waals surface area (Å²) in [5.74, 6) is 3.41. The van der Waals surface area contributed by atoms with E-state index in [9.17, 15) is 0 Å². The predicted octanol–water partition coefficient (Wildman–Crippen LogP) is 1.07. The molecule has 1 aliphatic heterocycles. The lowest BCUT2D eigenvalue weighted by Crippen LogP contribution is -2.49. The fraction of sp³-hybridized carbons (Fsp3) is 0.818. The monoisotopic (exact) mass is 180 g/mol. The third kappa shape index (κ3) is 2.46. The number of likely N-dealkylation sites (tertiary alicyclic amines) is 1. The molecule has 1 fully saturated rings. The van der Waals surface area contributed by atoms with E-state index in [1.165, 1.54) is 0 Å². The van der Waals surface area contributed by atoms with Crippen LogP contribution in [0.2, 0.25) is 0 Å². The van der Waals surface area contributed by atoms with Crippen LogP contribution in [0.4, 0.5) is 0 Å². The van der Waals surface area contributed by atoms with Crippen molar-refractivity contribution in [2.75, 3.05) is 13.1 Å². The maximum Gasteiger partial charge on any atom is 0.0683 e. The molecule has 1 aliphatic rings. The van der Waals surface area contributed by atoms with Gasteiger partial charge in [0.2, 0.25) is 0 Å². The highest BCUT2D eigenvalue weighted by Crippen LogP contribution is 2.19. The summed E-state index contributed by atoms with van der Waals surface area (Å²) in [6, 6.07) is 0.646. The van der Waals surface area contributed by atoms with E-state index in [2.05, 4.69) is 24.7 Å². The standard InChI is InChI=1S/C11H20N2/c1-4-9(3)13-7-6-11(12)10(5-2)8-13/h1,9-11H,5-8,12H2,2-3H3. The van der Waals surface area contributed by atoms with Gasteiger partial charge in [-0.3, -0.25) is 4.90 Å². The van der Waals surface area contributed by atoms with Crippen molar-refractivity contribution in [2.45, 2.75) is 38.8 Å². The van der Waals surface area contributed by atoms with Crippen LogP contribution in [0.1, 0.15) is 26.7 Å². The molecule has 3 atom stereocenters. The van der Waals surface area contributed by atoms with Crippen LogP contribution in [0.5, 0.6) is 0 Å². The van der Waals surface area contributed by atoms with Crippen LogP contribution in [0.25, 0.3) is 0 Å². The first-order valence-corrected chi connectivity index (χ1v) is 5.14. The molecular weight excluding hydrogens is 160 g/mol. The van der Waals surface area contributed by atoms with E-state index in [0.29, 0.717) is 12.0 Å². The zero-order valence-electron chi connectivity index (χ0n) is 8.66. The molecule has 0 amide bonds. The van der Waals surface area contributed by atoms with Crippen molar-refractivity contribution in [3.8, 4) is 12.3 Å². The largest absolute Gasteiger partial charge is 0.327 e. The summed E-state index contributed by atoms with van der Waals surface area (Å²) >= 11 is 0. The first kappa shape index (κ1) is 10.6. The van der Waals surface area contributed by atoms with E-state index in [1.54, 1.807) is 0 Å². The number of nitrogens with zero attached hydrogens (tertiary/aromatic N) is 1. The molecule has 0 aromatic rings. The Balaban J connectivity index is 2.50. The van der Waals surface area contributed by atoms with Gasteiger partial charge in [-0.25, -0.2) is 0 Å². The van der Waals surface area contributed by atoms with E-state index in [4.69, 9.17) is 12.2 Å². The fourth-order valence-corrected chi connectivity index (χ4v) is 1.97. The summed E-state index contributed by atoms with van der Waals surface area (Å²) in [5, 5.41) is 0. The van der Waals surface area contributed by atoms with Crippen LogP contribution in [-0.4, -0.2) is 30.1 Å². The molecule has 2 heteroatoms. The topological polar surface area (TPSA) is 29.3 Å². The number of terminal acetylenes is 1. The van der Waals surface area contributed by atoms with Gasteiger partial charge in [0.05, 0.1) is 6.04 Å². The lowest BCUT2D eigenvalue weighted by molar-refractivity contribution is 0.136. The lowest BCUT2D eigenvalue weighted by atomic mass is 9.90. The maximum atomic E-state index is 6.01. The van der Waals surface area contributed by atoms with Crippen molar-refractivity contribution < 1.29 is 0 Å². The van der Waals surface area contributed by atoms with E-state index in [0.717, 1.165) is 25.9 Å². The minimum Gasteiger partial charge on any atom is -0.327 e. The van der Waals surface area contributed by atoms with Crippen LogP contribution < -0.4 is 5.73 Å². The van der Waals surface area contributed by atoms with Gasteiger partial charge < -0.3 is 5.73 Å². The van der Waals surface area contributed by atoms with Crippen molar-refractivity contribution in [3.63, 3.8) is 0 Å². The molecule has 0 aliphatic carbocycles. The van der Waals surface area contributed by atoms with Crippen LogP contribution in [0.15, 0.2) is 0 Å². The summed E-state index contributed by atoms with van der Waals surface area (Å²) in [5.41, 5.74) is 6.01. The van der Waals surface area contributed by atoms with E-state index < -0.39 is 0 Å². The van der Waals surface area contributed by atoms with Gasteiger partial charge in [0.25, 0.3) is 0 Å². The minimum atomic E-state index is 0.265. The van der Waals surface area contributed by atoms with Gasteiger partial charge in [-0.15, -0.1) is 6.42 Å². The fourth-order valence-electron chi connectivity index (χ4n) is 1.97. The summed E-state index contributed by atoms with van der Waals surface area (Å²) in [6.45, 7) is 6.42. The number of hydrogen-bond donors (Lipinski definition) is 1. The molecule has 2 N–H and O–H groups in total. The van der Waals surface area contributed by atoms with Gasteiger partial charge in [0.1, 0.15) is 0 Å². The highest BCUT2D eigenvalue weighted by molar-refractivity contribution is 4.99. The SMILES string of the molecule is C#CC(C)N1CCC(N)C(CC)C1. The van der Waals surface area contributed by atoms with Crippen LogP contribution in [-0.2, 0) is 0 Å². The van der Waals surface area contributed by atoms with Gasteiger partial charge in [-0.1, -0.05) is 19.3 Å². The lowest BCUT2D eigenvalue weighted by Gasteiger charge is -2.38. The molecule has 0 bridgehead atoms. The molecule has 74 valence electrons. The average Bonchev–Trinajstić information content (AvgIpc) is 2.17. The molecule has 0 aromatic carbocycles. The molecule has 1 heterocycles. The predicted molar refractivity (Wildman–Crippen MR) is 56.2 cm³/mol. The van der Waals surface area contributed by atoms with Crippen LogP contribution >= 0.6 is 0 Å². The second-order valence-corrected chi connectivity index (χ2v) is 3.96. The normalized spacial score (nSPS) is 32.5. The number of piperidine rings is 1. The van der Waals surface area contributed by atoms with Crippen molar-refractivity contribution >= 4 is 0 Å². The van der Waals surface area contributed by atoms with Gasteiger partial charge in [-0.05, 0) is 19.3 Å².